The van der Waals surface area contributed by atoms with Gasteiger partial charge in [-0.25, -0.2) is 0 Å². The van der Waals surface area contributed by atoms with Gasteiger partial charge in [0.25, 0.3) is 0 Å². The maximum absolute atomic E-state index is 4.20. The standard InChI is InChI=1S/C55H39Br.2C2H6/c1-5-17-34(18-6-2)51-48-32-49(56)46(39-29-30-45-44-26-15-19-33(4)50(44)36(7-3)40-27-16-28-41(39)53(40)45)31-47(48)52(35-20-9-8-10-21-35)55-43-25-14-12-23-38(43)37-22-11-13-24-42(37)54(51)55;2*1-2/h5-32H,1H2,2-4H3;2*1-2H3/b18-6-,34-17+,36-7-;;. The average molecular weight is 840 g/mol. The van der Waals surface area contributed by atoms with E-state index in [2.05, 4.69) is 207 Å². The van der Waals surface area contributed by atoms with Crippen molar-refractivity contribution in [2.45, 2.75) is 48.5 Å². The lowest BCUT2D eigenvalue weighted by Gasteiger charge is -2.23. The Kier molecular flexibility index (Phi) is 11.6. The molecule has 0 aliphatic heterocycles. The molecule has 0 bridgehead atoms. The number of rotatable bonds is 5. The number of hydrogen-bond donors (Lipinski definition) is 0. The molecule has 0 N–H and O–H groups in total. The summed E-state index contributed by atoms with van der Waals surface area (Å²) < 4.78 is 1.06. The summed E-state index contributed by atoms with van der Waals surface area (Å²) in [5.41, 5.74) is 8.48. The lowest BCUT2D eigenvalue weighted by atomic mass is 9.80. The Labute approximate surface area is 363 Å². The van der Waals surface area contributed by atoms with Crippen molar-refractivity contribution in [2.24, 2.45) is 0 Å². The fourth-order valence-corrected chi connectivity index (χ4v) is 10.2. The van der Waals surface area contributed by atoms with Gasteiger partial charge in [0.15, 0.2) is 0 Å². The normalized spacial score (nSPS) is 12.2. The van der Waals surface area contributed by atoms with E-state index in [0.29, 0.717) is 0 Å². The summed E-state index contributed by atoms with van der Waals surface area (Å²) in [4.78, 5) is 0. The summed E-state index contributed by atoms with van der Waals surface area (Å²) in [7, 11) is 0. The molecule has 294 valence electrons. The van der Waals surface area contributed by atoms with Gasteiger partial charge in [-0.3, -0.25) is 0 Å². The van der Waals surface area contributed by atoms with Crippen LogP contribution in [0.2, 0.25) is 0 Å². The van der Waals surface area contributed by atoms with Gasteiger partial charge in [-0.15, -0.1) is 0 Å². The molecular weight excluding hydrogens is 789 g/mol. The van der Waals surface area contributed by atoms with E-state index in [0.717, 1.165) is 10.0 Å². The molecule has 0 aromatic heterocycles. The highest BCUT2D eigenvalue weighted by Gasteiger charge is 2.24. The summed E-state index contributed by atoms with van der Waals surface area (Å²) in [6.45, 7) is 18.7. The number of halogens is 1. The Hall–Kier alpha value is -6.28. The van der Waals surface area contributed by atoms with E-state index < -0.39 is 0 Å². The first kappa shape index (κ1) is 40.5. The van der Waals surface area contributed by atoms with Crippen LogP contribution in [0, 0.1) is 6.92 Å². The minimum Gasteiger partial charge on any atom is -0.0990 e. The Balaban J connectivity index is 0.00000121. The van der Waals surface area contributed by atoms with E-state index in [1.807, 2.05) is 33.8 Å². The molecule has 0 aliphatic rings. The Morgan fingerprint density at radius 1 is 0.500 bits per heavy atom. The molecule has 0 saturated carbocycles. The third kappa shape index (κ3) is 6.35. The minimum atomic E-state index is 1.06. The molecule has 10 aromatic carbocycles. The van der Waals surface area contributed by atoms with Crippen molar-refractivity contribution in [3.63, 3.8) is 0 Å². The monoisotopic (exact) mass is 838 g/mol. The number of allylic oxidation sites excluding steroid dienone is 5. The zero-order chi connectivity index (χ0) is 42.1. The fraction of sp³-hybridized carbons (Fsp3) is 0.119. The Bertz CT molecular complexity index is 3400. The first-order valence-corrected chi connectivity index (χ1v) is 22.2. The van der Waals surface area contributed by atoms with Crippen LogP contribution in [0.4, 0.5) is 0 Å². The largest absolute Gasteiger partial charge is 0.0990 e. The van der Waals surface area contributed by atoms with Crippen molar-refractivity contribution in [1.82, 2.24) is 0 Å². The molecular formula is C59H51Br. The van der Waals surface area contributed by atoms with Crippen molar-refractivity contribution >= 4 is 103 Å². The summed E-state index contributed by atoms with van der Waals surface area (Å²) in [6, 6.07) is 51.9. The predicted molar refractivity (Wildman–Crippen MR) is 273 cm³/mol. The Morgan fingerprint density at radius 3 is 1.73 bits per heavy atom. The van der Waals surface area contributed by atoms with Gasteiger partial charge in [0.1, 0.15) is 0 Å². The molecule has 10 aromatic rings. The summed E-state index contributed by atoms with van der Waals surface area (Å²) in [5, 5.41) is 19.0. The molecule has 0 spiro atoms. The van der Waals surface area contributed by atoms with Gasteiger partial charge in [-0.1, -0.05) is 208 Å². The van der Waals surface area contributed by atoms with Gasteiger partial charge in [0, 0.05) is 4.47 Å². The lowest BCUT2D eigenvalue weighted by Crippen LogP contribution is -2.06. The van der Waals surface area contributed by atoms with Crippen molar-refractivity contribution in [3.8, 4) is 22.3 Å². The predicted octanol–water partition coefficient (Wildman–Crippen LogP) is 17.9. The quantitative estimate of drug-likeness (QED) is 0.0920. The first-order valence-electron chi connectivity index (χ1n) is 21.4. The van der Waals surface area contributed by atoms with Gasteiger partial charge in [0.05, 0.1) is 0 Å². The average Bonchev–Trinajstić information content (AvgIpc) is 3.30. The van der Waals surface area contributed by atoms with Crippen LogP contribution < -0.4 is 5.22 Å². The SMILES string of the molecule is C=C/C=C(\C=C/C)c1c2cc(Br)c(-c3ccc4c5cccc(C)c5/c(=C\C)c5cccc3c54)cc2c(-c2ccccc2)c2c3ccccc3c3ccccc3c12.CC.CC. The molecule has 0 heterocycles. The van der Waals surface area contributed by atoms with Gasteiger partial charge in [0.2, 0.25) is 0 Å². The number of hydrogen-bond acceptors (Lipinski definition) is 0. The zero-order valence-electron chi connectivity index (χ0n) is 35.8. The molecule has 0 nitrogen and oxygen atoms in total. The van der Waals surface area contributed by atoms with E-state index in [9.17, 15) is 0 Å². The fourth-order valence-electron chi connectivity index (χ4n) is 9.63. The van der Waals surface area contributed by atoms with Crippen LogP contribution in [0.25, 0.3) is 109 Å². The molecule has 0 aliphatic carbocycles. The van der Waals surface area contributed by atoms with Crippen LogP contribution in [0.3, 0.4) is 0 Å². The van der Waals surface area contributed by atoms with Crippen LogP contribution in [-0.2, 0) is 0 Å². The topological polar surface area (TPSA) is 0 Å². The first-order chi connectivity index (χ1) is 29.5. The molecule has 0 amide bonds. The smallest absolute Gasteiger partial charge is 0.0260 e. The van der Waals surface area contributed by atoms with Crippen molar-refractivity contribution < 1.29 is 0 Å². The highest BCUT2D eigenvalue weighted by Crippen LogP contribution is 2.51. The van der Waals surface area contributed by atoms with E-state index in [4.69, 9.17) is 0 Å². The van der Waals surface area contributed by atoms with Crippen LogP contribution >= 0.6 is 15.9 Å². The van der Waals surface area contributed by atoms with Crippen LogP contribution in [0.15, 0.2) is 175 Å². The van der Waals surface area contributed by atoms with Gasteiger partial charge in [-0.05, 0) is 152 Å². The Morgan fingerprint density at radius 2 is 1.07 bits per heavy atom. The molecule has 0 fully saturated rings. The number of benzene rings is 10. The number of fused-ring (bicyclic) bond motifs is 9. The summed E-state index contributed by atoms with van der Waals surface area (Å²) in [6.07, 6.45) is 10.7. The van der Waals surface area contributed by atoms with Crippen molar-refractivity contribution in [2.75, 3.05) is 0 Å². The molecule has 0 saturated heterocycles. The van der Waals surface area contributed by atoms with Crippen molar-refractivity contribution in [1.29, 1.82) is 0 Å². The second-order valence-electron chi connectivity index (χ2n) is 14.8. The maximum atomic E-state index is 4.20. The van der Waals surface area contributed by atoms with Crippen LogP contribution in [-0.4, -0.2) is 0 Å². The van der Waals surface area contributed by atoms with E-state index in [-0.39, 0.29) is 0 Å². The second kappa shape index (κ2) is 17.1. The third-order valence-electron chi connectivity index (χ3n) is 11.8. The molecule has 0 atom stereocenters. The zero-order valence-corrected chi connectivity index (χ0v) is 37.3. The van der Waals surface area contributed by atoms with Gasteiger partial charge < -0.3 is 0 Å². The van der Waals surface area contributed by atoms with Crippen LogP contribution in [0.1, 0.15) is 52.7 Å². The van der Waals surface area contributed by atoms with Gasteiger partial charge >= 0.3 is 0 Å². The third-order valence-corrected chi connectivity index (χ3v) is 12.5. The van der Waals surface area contributed by atoms with Gasteiger partial charge in [-0.2, -0.15) is 0 Å². The maximum Gasteiger partial charge on any atom is 0.0260 e. The molecule has 10 rings (SSSR count). The van der Waals surface area contributed by atoms with Crippen LogP contribution in [0.5, 0.6) is 0 Å². The van der Waals surface area contributed by atoms with E-state index >= 15 is 0 Å². The van der Waals surface area contributed by atoms with E-state index in [1.165, 1.54) is 114 Å². The highest BCUT2D eigenvalue weighted by molar-refractivity contribution is 9.10. The lowest BCUT2D eigenvalue weighted by molar-refractivity contribution is 1.50. The summed E-state index contributed by atoms with van der Waals surface area (Å²) >= 11 is 4.20. The molecule has 0 radical (unpaired) electrons. The second-order valence-corrected chi connectivity index (χ2v) is 15.6. The van der Waals surface area contributed by atoms with E-state index in [1.54, 1.807) is 0 Å². The number of aryl methyl sites for hydroxylation is 1. The molecule has 60 heavy (non-hydrogen) atoms. The molecule has 1 heteroatoms. The molecule has 0 unspecified atom stereocenters. The van der Waals surface area contributed by atoms with Crippen molar-refractivity contribution in [3.05, 3.63) is 191 Å². The highest BCUT2D eigenvalue weighted by atomic mass is 79.9. The summed E-state index contributed by atoms with van der Waals surface area (Å²) in [5.74, 6) is 0. The minimum absolute atomic E-state index is 1.06.